The first kappa shape index (κ1) is 30.2. The number of benzene rings is 7. The first-order valence-electron chi connectivity index (χ1n) is 16.9. The monoisotopic (exact) mass is 632 g/mol. The largest absolute Gasteiger partial charge is 0.436 e. The smallest absolute Gasteiger partial charge is 0.227 e. The fourth-order valence-electron chi connectivity index (χ4n) is 6.66. The molecule has 3 nitrogen and oxygen atoms in total. The van der Waals surface area contributed by atoms with Gasteiger partial charge in [0.05, 0.1) is 0 Å². The van der Waals surface area contributed by atoms with E-state index in [2.05, 4.69) is 188 Å². The van der Waals surface area contributed by atoms with Gasteiger partial charge in [0.25, 0.3) is 0 Å². The first-order valence-corrected chi connectivity index (χ1v) is 16.9. The Labute approximate surface area is 287 Å². The third-order valence-electron chi connectivity index (χ3n) is 9.04. The van der Waals surface area contributed by atoms with Crippen LogP contribution in [-0.4, -0.2) is 4.98 Å². The van der Waals surface area contributed by atoms with Crippen molar-refractivity contribution in [3.8, 4) is 44.8 Å². The van der Waals surface area contributed by atoms with Gasteiger partial charge < -0.3 is 9.32 Å². The average molecular weight is 633 g/mol. The Morgan fingerprint density at radius 1 is 0.469 bits per heavy atom. The van der Waals surface area contributed by atoms with Gasteiger partial charge >= 0.3 is 0 Å². The molecule has 0 aliphatic heterocycles. The maximum atomic E-state index is 6.20. The standard InChI is InChI=1S/C46H36N2O/c1-2-13-33-22-31-44-45(32-33)49-46(47-44)36-25-23-34(24-26-36)40-18-9-11-20-42(40)43-21-12-10-19-41(43)35-27-29-39(30-28-35)48(37-14-5-3-6-15-37)38-16-7-4-8-17-38/h3-12,14-32H,2,13H2,1H3. The number of aryl methyl sites for hydroxylation is 1. The normalized spacial score (nSPS) is 11.1. The molecule has 236 valence electrons. The van der Waals surface area contributed by atoms with Crippen molar-refractivity contribution in [1.82, 2.24) is 4.98 Å². The van der Waals surface area contributed by atoms with E-state index in [1.807, 2.05) is 0 Å². The average Bonchev–Trinajstić information content (AvgIpc) is 3.60. The van der Waals surface area contributed by atoms with E-state index in [-0.39, 0.29) is 0 Å². The van der Waals surface area contributed by atoms with Crippen LogP contribution < -0.4 is 4.90 Å². The Kier molecular flexibility index (Phi) is 8.31. The molecule has 0 radical (unpaired) electrons. The Morgan fingerprint density at radius 3 is 1.49 bits per heavy atom. The van der Waals surface area contributed by atoms with Crippen molar-refractivity contribution in [3.05, 3.63) is 181 Å². The van der Waals surface area contributed by atoms with Gasteiger partial charge in [-0.2, -0.15) is 0 Å². The summed E-state index contributed by atoms with van der Waals surface area (Å²) in [6.45, 7) is 2.19. The van der Waals surface area contributed by atoms with Crippen LogP contribution in [0.2, 0.25) is 0 Å². The maximum Gasteiger partial charge on any atom is 0.227 e. The lowest BCUT2D eigenvalue weighted by atomic mass is 9.89. The van der Waals surface area contributed by atoms with Gasteiger partial charge in [-0.25, -0.2) is 4.98 Å². The summed E-state index contributed by atoms with van der Waals surface area (Å²) in [4.78, 5) is 7.07. The summed E-state index contributed by atoms with van der Waals surface area (Å²) in [7, 11) is 0. The predicted octanol–water partition coefficient (Wildman–Crippen LogP) is 12.9. The van der Waals surface area contributed by atoms with E-state index in [0.717, 1.165) is 52.1 Å². The summed E-state index contributed by atoms with van der Waals surface area (Å²) >= 11 is 0. The topological polar surface area (TPSA) is 29.3 Å². The van der Waals surface area contributed by atoms with Gasteiger partial charge in [0, 0.05) is 22.6 Å². The molecule has 0 saturated heterocycles. The zero-order chi connectivity index (χ0) is 33.0. The zero-order valence-electron chi connectivity index (χ0n) is 27.5. The molecule has 3 heteroatoms. The second-order valence-electron chi connectivity index (χ2n) is 12.3. The van der Waals surface area contributed by atoms with E-state index in [0.29, 0.717) is 5.89 Å². The minimum absolute atomic E-state index is 0.648. The SMILES string of the molecule is CCCc1ccc2nc(-c3ccc(-c4ccccc4-c4ccccc4-c4ccc(N(c5ccccc5)c5ccccc5)cc4)cc3)oc2c1. The number of nitrogens with zero attached hydrogens (tertiary/aromatic N) is 2. The van der Waals surface area contributed by atoms with Gasteiger partial charge in [-0.15, -0.1) is 0 Å². The summed E-state index contributed by atoms with van der Waals surface area (Å²) in [6, 6.07) is 62.2. The molecule has 0 spiro atoms. The number of anilines is 3. The van der Waals surface area contributed by atoms with Crippen molar-refractivity contribution in [2.45, 2.75) is 19.8 Å². The summed E-state index contributed by atoms with van der Waals surface area (Å²) in [5.74, 6) is 0.648. The highest BCUT2D eigenvalue weighted by atomic mass is 16.3. The molecular formula is C46H36N2O. The number of para-hydroxylation sites is 2. The minimum Gasteiger partial charge on any atom is -0.436 e. The molecule has 8 rings (SSSR count). The second-order valence-corrected chi connectivity index (χ2v) is 12.3. The highest BCUT2D eigenvalue weighted by Gasteiger charge is 2.16. The van der Waals surface area contributed by atoms with E-state index in [9.17, 15) is 0 Å². The van der Waals surface area contributed by atoms with Crippen LogP contribution in [0, 0.1) is 0 Å². The van der Waals surface area contributed by atoms with E-state index >= 15 is 0 Å². The van der Waals surface area contributed by atoms with Crippen molar-refractivity contribution < 1.29 is 4.42 Å². The van der Waals surface area contributed by atoms with Crippen LogP contribution in [0.4, 0.5) is 17.1 Å². The van der Waals surface area contributed by atoms with Crippen LogP contribution in [-0.2, 0) is 6.42 Å². The van der Waals surface area contributed by atoms with Crippen LogP contribution in [0.5, 0.6) is 0 Å². The molecule has 0 aliphatic rings. The molecule has 8 aromatic rings. The molecule has 0 unspecified atom stereocenters. The molecule has 0 bridgehead atoms. The summed E-state index contributed by atoms with van der Waals surface area (Å²) in [5, 5.41) is 0. The fraction of sp³-hybridized carbons (Fsp3) is 0.0652. The summed E-state index contributed by atoms with van der Waals surface area (Å²) in [5.41, 5.74) is 14.4. The number of oxazole rings is 1. The molecule has 0 fully saturated rings. The number of hydrogen-bond donors (Lipinski definition) is 0. The fourth-order valence-corrected chi connectivity index (χ4v) is 6.66. The molecule has 0 aliphatic carbocycles. The van der Waals surface area contributed by atoms with E-state index < -0.39 is 0 Å². The third-order valence-corrected chi connectivity index (χ3v) is 9.04. The molecule has 0 saturated carbocycles. The predicted molar refractivity (Wildman–Crippen MR) is 204 cm³/mol. The van der Waals surface area contributed by atoms with Crippen LogP contribution in [0.1, 0.15) is 18.9 Å². The minimum atomic E-state index is 0.648. The molecule has 1 heterocycles. The molecular weight excluding hydrogens is 597 g/mol. The quantitative estimate of drug-likeness (QED) is 0.159. The highest BCUT2D eigenvalue weighted by molar-refractivity contribution is 5.92. The van der Waals surface area contributed by atoms with Crippen molar-refractivity contribution in [1.29, 1.82) is 0 Å². The van der Waals surface area contributed by atoms with E-state index in [1.165, 1.54) is 33.4 Å². The van der Waals surface area contributed by atoms with Crippen LogP contribution in [0.3, 0.4) is 0 Å². The summed E-state index contributed by atoms with van der Waals surface area (Å²) < 4.78 is 6.20. The van der Waals surface area contributed by atoms with Gasteiger partial charge in [0.2, 0.25) is 5.89 Å². The number of aromatic nitrogens is 1. The van der Waals surface area contributed by atoms with Gasteiger partial charge in [0.1, 0.15) is 5.52 Å². The first-order chi connectivity index (χ1) is 24.2. The molecule has 7 aromatic carbocycles. The Hall–Kier alpha value is -6.19. The number of rotatable bonds is 9. The second kappa shape index (κ2) is 13.5. The Bertz CT molecular complexity index is 2280. The van der Waals surface area contributed by atoms with Crippen molar-refractivity contribution in [3.63, 3.8) is 0 Å². The van der Waals surface area contributed by atoms with Crippen molar-refractivity contribution >= 4 is 28.2 Å². The lowest BCUT2D eigenvalue weighted by molar-refractivity contribution is 0.619. The lowest BCUT2D eigenvalue weighted by Crippen LogP contribution is -2.09. The van der Waals surface area contributed by atoms with Crippen molar-refractivity contribution in [2.24, 2.45) is 0 Å². The van der Waals surface area contributed by atoms with E-state index in [1.54, 1.807) is 0 Å². The molecule has 0 amide bonds. The van der Waals surface area contributed by atoms with Gasteiger partial charge in [-0.1, -0.05) is 129 Å². The van der Waals surface area contributed by atoms with Crippen LogP contribution in [0.15, 0.2) is 180 Å². The van der Waals surface area contributed by atoms with Gasteiger partial charge in [-0.3, -0.25) is 0 Å². The maximum absolute atomic E-state index is 6.20. The summed E-state index contributed by atoms with van der Waals surface area (Å²) in [6.07, 6.45) is 2.14. The van der Waals surface area contributed by atoms with E-state index in [4.69, 9.17) is 9.40 Å². The third kappa shape index (κ3) is 6.15. The van der Waals surface area contributed by atoms with Crippen LogP contribution >= 0.6 is 0 Å². The molecule has 1 aromatic heterocycles. The van der Waals surface area contributed by atoms with Crippen LogP contribution in [0.25, 0.3) is 55.9 Å². The zero-order valence-corrected chi connectivity index (χ0v) is 27.5. The number of fused-ring (bicyclic) bond motifs is 1. The van der Waals surface area contributed by atoms with Gasteiger partial charge in [-0.05, 0) is 106 Å². The van der Waals surface area contributed by atoms with Gasteiger partial charge in [0.15, 0.2) is 5.58 Å². The Balaban J connectivity index is 1.12. The number of hydrogen-bond acceptors (Lipinski definition) is 3. The van der Waals surface area contributed by atoms with Crippen molar-refractivity contribution in [2.75, 3.05) is 4.90 Å². The molecule has 49 heavy (non-hydrogen) atoms. The highest BCUT2D eigenvalue weighted by Crippen LogP contribution is 2.40. The Morgan fingerprint density at radius 2 is 0.939 bits per heavy atom. The molecule has 0 N–H and O–H groups in total. The molecule has 0 atom stereocenters. The lowest BCUT2D eigenvalue weighted by Gasteiger charge is -2.25.